The third-order valence-electron chi connectivity index (χ3n) is 3.25. The first-order chi connectivity index (χ1) is 8.49. The minimum Gasteiger partial charge on any atom is -0.481 e. The van der Waals surface area contributed by atoms with Crippen molar-refractivity contribution in [2.45, 2.75) is 13.3 Å². The quantitative estimate of drug-likeness (QED) is 0.906. The largest absolute Gasteiger partial charge is 0.481 e. The van der Waals surface area contributed by atoms with E-state index < -0.39 is 17.7 Å². The molecule has 1 aromatic rings. The number of benzene rings is 1. The highest BCUT2D eigenvalue weighted by molar-refractivity contribution is 5.96. The second-order valence-electron chi connectivity index (χ2n) is 4.53. The lowest BCUT2D eigenvalue weighted by molar-refractivity contribution is -0.141. The number of rotatable bonds is 2. The smallest absolute Gasteiger partial charge is 0.308 e. The molecule has 1 unspecified atom stereocenters. The number of amides is 1. The van der Waals surface area contributed by atoms with E-state index in [1.165, 1.54) is 17.0 Å². The van der Waals surface area contributed by atoms with Crippen molar-refractivity contribution >= 4 is 24.3 Å². The normalized spacial score (nSPS) is 18.0. The lowest BCUT2D eigenvalue weighted by atomic mass is 10.1. The van der Waals surface area contributed by atoms with E-state index in [1.807, 2.05) is 0 Å². The molecule has 1 aromatic carbocycles. The Morgan fingerprint density at radius 2 is 2.11 bits per heavy atom. The lowest BCUT2D eigenvalue weighted by Gasteiger charge is -2.17. The summed E-state index contributed by atoms with van der Waals surface area (Å²) >= 11 is 0. The maximum absolute atomic E-state index is 13.1. The predicted octanol–water partition coefficient (Wildman–Crippen LogP) is 2.10. The van der Waals surface area contributed by atoms with Gasteiger partial charge in [0, 0.05) is 18.7 Å². The van der Waals surface area contributed by atoms with Crippen LogP contribution in [0.25, 0.3) is 0 Å². The predicted molar refractivity (Wildman–Crippen MR) is 70.0 cm³/mol. The summed E-state index contributed by atoms with van der Waals surface area (Å²) in [5.74, 6) is -2.15. The lowest BCUT2D eigenvalue weighted by Crippen LogP contribution is -2.30. The van der Waals surface area contributed by atoms with Gasteiger partial charge in [0.25, 0.3) is 5.91 Å². The van der Waals surface area contributed by atoms with E-state index in [1.54, 1.807) is 13.0 Å². The molecule has 0 saturated carbocycles. The average Bonchev–Trinajstić information content (AvgIpc) is 2.81. The van der Waals surface area contributed by atoms with Crippen LogP contribution in [-0.2, 0) is 4.79 Å². The van der Waals surface area contributed by atoms with Crippen molar-refractivity contribution in [1.82, 2.24) is 4.90 Å². The number of aliphatic carboxylic acids is 1. The molecule has 1 heterocycles. The van der Waals surface area contributed by atoms with Crippen LogP contribution in [-0.4, -0.2) is 35.0 Å². The highest BCUT2D eigenvalue weighted by atomic mass is 35.5. The van der Waals surface area contributed by atoms with Crippen molar-refractivity contribution in [3.8, 4) is 0 Å². The SMILES string of the molecule is Cc1ccc(F)cc1C(=O)N1CCC(C(=O)O)C1.Cl. The summed E-state index contributed by atoms with van der Waals surface area (Å²) in [6, 6.07) is 4.05. The number of likely N-dealkylation sites (tertiary alicyclic amines) is 1. The third-order valence-corrected chi connectivity index (χ3v) is 3.25. The van der Waals surface area contributed by atoms with Gasteiger partial charge in [-0.25, -0.2) is 4.39 Å². The highest BCUT2D eigenvalue weighted by Gasteiger charge is 2.31. The van der Waals surface area contributed by atoms with Crippen LogP contribution in [0.3, 0.4) is 0 Å². The zero-order valence-electron chi connectivity index (χ0n) is 10.4. The maximum atomic E-state index is 13.1. The number of hydrogen-bond acceptors (Lipinski definition) is 2. The van der Waals surface area contributed by atoms with Gasteiger partial charge < -0.3 is 10.0 Å². The van der Waals surface area contributed by atoms with Crippen LogP contribution in [0.5, 0.6) is 0 Å². The van der Waals surface area contributed by atoms with E-state index in [0.717, 1.165) is 0 Å². The molecule has 1 N–H and O–H groups in total. The number of carbonyl (C=O) groups is 2. The number of aryl methyl sites for hydroxylation is 1. The molecule has 0 radical (unpaired) electrons. The fraction of sp³-hybridized carbons (Fsp3) is 0.385. The van der Waals surface area contributed by atoms with Crippen LogP contribution in [0.4, 0.5) is 4.39 Å². The molecule has 0 aliphatic carbocycles. The molecule has 19 heavy (non-hydrogen) atoms. The van der Waals surface area contributed by atoms with E-state index in [9.17, 15) is 14.0 Å². The first kappa shape index (κ1) is 15.4. The van der Waals surface area contributed by atoms with Gasteiger partial charge >= 0.3 is 5.97 Å². The number of carbonyl (C=O) groups excluding carboxylic acids is 1. The molecule has 2 rings (SSSR count). The van der Waals surface area contributed by atoms with Crippen LogP contribution in [0, 0.1) is 18.7 Å². The maximum Gasteiger partial charge on any atom is 0.308 e. The third kappa shape index (κ3) is 3.23. The van der Waals surface area contributed by atoms with Crippen LogP contribution >= 0.6 is 12.4 Å². The molecule has 1 amide bonds. The molecule has 1 atom stereocenters. The van der Waals surface area contributed by atoms with Crippen LogP contribution in [0.2, 0.25) is 0 Å². The molecule has 1 aliphatic rings. The summed E-state index contributed by atoms with van der Waals surface area (Å²) in [7, 11) is 0. The van der Waals surface area contributed by atoms with E-state index in [0.29, 0.717) is 24.1 Å². The summed E-state index contributed by atoms with van der Waals surface area (Å²) in [4.78, 5) is 24.5. The fourth-order valence-electron chi connectivity index (χ4n) is 2.14. The standard InChI is InChI=1S/C13H14FNO3.ClH/c1-8-2-3-10(14)6-11(8)12(16)15-5-4-9(7-15)13(17)18;/h2-3,6,9H,4-5,7H2,1H3,(H,17,18);1H. The molecule has 1 fully saturated rings. The van der Waals surface area contributed by atoms with Gasteiger partial charge in [0.1, 0.15) is 5.82 Å². The summed E-state index contributed by atoms with van der Waals surface area (Å²) < 4.78 is 13.1. The van der Waals surface area contributed by atoms with Gasteiger partial charge in [0.05, 0.1) is 5.92 Å². The Balaban J connectivity index is 0.00000180. The van der Waals surface area contributed by atoms with Crippen LogP contribution in [0.15, 0.2) is 18.2 Å². The minimum atomic E-state index is -0.888. The Morgan fingerprint density at radius 1 is 1.42 bits per heavy atom. The van der Waals surface area contributed by atoms with Gasteiger partial charge in [-0.15, -0.1) is 12.4 Å². The van der Waals surface area contributed by atoms with Crippen LogP contribution < -0.4 is 0 Å². The van der Waals surface area contributed by atoms with E-state index >= 15 is 0 Å². The van der Waals surface area contributed by atoms with Gasteiger partial charge in [-0.3, -0.25) is 9.59 Å². The van der Waals surface area contributed by atoms with Gasteiger partial charge in [-0.2, -0.15) is 0 Å². The zero-order valence-corrected chi connectivity index (χ0v) is 11.2. The van der Waals surface area contributed by atoms with Crippen molar-refractivity contribution < 1.29 is 19.1 Å². The summed E-state index contributed by atoms with van der Waals surface area (Å²) in [6.07, 6.45) is 0.454. The molecular formula is C13H15ClFNO3. The summed E-state index contributed by atoms with van der Waals surface area (Å²) in [5, 5.41) is 8.88. The molecule has 0 aromatic heterocycles. The highest BCUT2D eigenvalue weighted by Crippen LogP contribution is 2.20. The number of carboxylic acids is 1. The Bertz CT molecular complexity index is 507. The Morgan fingerprint density at radius 3 is 2.68 bits per heavy atom. The molecule has 104 valence electrons. The zero-order chi connectivity index (χ0) is 13.3. The molecule has 0 bridgehead atoms. The molecular weight excluding hydrogens is 273 g/mol. The van der Waals surface area contributed by atoms with Gasteiger partial charge in [0.15, 0.2) is 0 Å². The second-order valence-corrected chi connectivity index (χ2v) is 4.53. The van der Waals surface area contributed by atoms with E-state index in [2.05, 4.69) is 0 Å². The van der Waals surface area contributed by atoms with E-state index in [4.69, 9.17) is 5.11 Å². The Labute approximate surface area is 116 Å². The Kier molecular flexibility index (Phi) is 4.89. The van der Waals surface area contributed by atoms with Crippen molar-refractivity contribution in [2.75, 3.05) is 13.1 Å². The molecule has 6 heteroatoms. The van der Waals surface area contributed by atoms with Crippen molar-refractivity contribution in [2.24, 2.45) is 5.92 Å². The number of carboxylic acid groups (broad SMARTS) is 1. The fourth-order valence-corrected chi connectivity index (χ4v) is 2.14. The first-order valence-corrected chi connectivity index (χ1v) is 5.77. The number of nitrogens with zero attached hydrogens (tertiary/aromatic N) is 1. The molecule has 1 aliphatic heterocycles. The summed E-state index contributed by atoms with van der Waals surface area (Å²) in [6.45, 7) is 2.34. The average molecular weight is 288 g/mol. The Hall–Kier alpha value is -1.62. The summed E-state index contributed by atoms with van der Waals surface area (Å²) in [5.41, 5.74) is 1.00. The molecule has 0 spiro atoms. The van der Waals surface area contributed by atoms with E-state index in [-0.39, 0.29) is 24.9 Å². The second kappa shape index (κ2) is 6.02. The van der Waals surface area contributed by atoms with Gasteiger partial charge in [-0.05, 0) is 31.0 Å². The van der Waals surface area contributed by atoms with Gasteiger partial charge in [0.2, 0.25) is 0 Å². The van der Waals surface area contributed by atoms with Crippen molar-refractivity contribution in [3.63, 3.8) is 0 Å². The van der Waals surface area contributed by atoms with Crippen molar-refractivity contribution in [1.29, 1.82) is 0 Å². The molecule has 4 nitrogen and oxygen atoms in total. The topological polar surface area (TPSA) is 57.6 Å². The number of hydrogen-bond donors (Lipinski definition) is 1. The monoisotopic (exact) mass is 287 g/mol. The van der Waals surface area contributed by atoms with Gasteiger partial charge in [-0.1, -0.05) is 6.07 Å². The molecule has 1 saturated heterocycles. The first-order valence-electron chi connectivity index (χ1n) is 5.77. The van der Waals surface area contributed by atoms with Crippen molar-refractivity contribution in [3.05, 3.63) is 35.1 Å². The van der Waals surface area contributed by atoms with Crippen LogP contribution in [0.1, 0.15) is 22.3 Å². The number of halogens is 2. The minimum absolute atomic E-state index is 0.